The van der Waals surface area contributed by atoms with Crippen molar-refractivity contribution >= 4 is 17.4 Å². The number of aryl methyl sites for hydroxylation is 1. The predicted molar refractivity (Wildman–Crippen MR) is 77.6 cm³/mol. The fraction of sp³-hybridized carbons (Fsp3) is 0.333. The lowest BCUT2D eigenvalue weighted by Gasteiger charge is -2.25. The van der Waals surface area contributed by atoms with Gasteiger partial charge in [-0.25, -0.2) is 9.78 Å². The fourth-order valence-corrected chi connectivity index (χ4v) is 3.29. The molecule has 20 heavy (non-hydrogen) atoms. The summed E-state index contributed by atoms with van der Waals surface area (Å²) in [5.74, 6) is 0. The van der Waals surface area contributed by atoms with Gasteiger partial charge in [-0.15, -0.1) is 11.3 Å². The van der Waals surface area contributed by atoms with Gasteiger partial charge in [0.25, 0.3) is 0 Å². The first-order valence-electron chi connectivity index (χ1n) is 6.63. The minimum absolute atomic E-state index is 0.245. The second-order valence-corrected chi connectivity index (χ2v) is 6.10. The smallest absolute Gasteiger partial charge is 0.410 e. The Labute approximate surface area is 122 Å². The van der Waals surface area contributed by atoms with Crippen molar-refractivity contribution in [2.45, 2.75) is 26.5 Å². The largest absolute Gasteiger partial charge is 0.445 e. The molecular weight excluding hydrogens is 272 g/mol. The maximum absolute atomic E-state index is 12.1. The average Bonchev–Trinajstić information content (AvgIpc) is 2.85. The molecule has 0 saturated heterocycles. The van der Waals surface area contributed by atoms with Crippen LogP contribution >= 0.6 is 11.3 Å². The number of hydrogen-bond donors (Lipinski definition) is 0. The molecule has 1 aromatic carbocycles. The number of thiazole rings is 1. The van der Waals surface area contributed by atoms with Crippen LogP contribution in [0.2, 0.25) is 0 Å². The van der Waals surface area contributed by atoms with Crippen LogP contribution in [0.3, 0.4) is 0 Å². The molecule has 104 valence electrons. The van der Waals surface area contributed by atoms with Gasteiger partial charge in [0.1, 0.15) is 6.61 Å². The van der Waals surface area contributed by atoms with Gasteiger partial charge in [0.05, 0.1) is 17.2 Å². The van der Waals surface area contributed by atoms with E-state index in [9.17, 15) is 4.79 Å². The lowest BCUT2D eigenvalue weighted by molar-refractivity contribution is 0.0921. The highest BCUT2D eigenvalue weighted by Gasteiger charge is 2.24. The Morgan fingerprint density at radius 3 is 3.00 bits per heavy atom. The maximum atomic E-state index is 12.1. The van der Waals surface area contributed by atoms with E-state index in [0.717, 1.165) is 22.7 Å². The molecule has 4 nitrogen and oxygen atoms in total. The number of ether oxygens (including phenoxy) is 1. The standard InChI is InChI=1S/C15H16N2O2S/c1-11-16-13-7-8-17(9-14(13)20-11)15(18)19-10-12-5-3-2-4-6-12/h2-6H,7-10H2,1H3. The fourth-order valence-electron chi connectivity index (χ4n) is 2.29. The van der Waals surface area contributed by atoms with Crippen molar-refractivity contribution in [3.8, 4) is 0 Å². The van der Waals surface area contributed by atoms with E-state index in [0.29, 0.717) is 19.7 Å². The van der Waals surface area contributed by atoms with Crippen molar-refractivity contribution in [3.63, 3.8) is 0 Å². The molecule has 3 rings (SSSR count). The van der Waals surface area contributed by atoms with E-state index in [-0.39, 0.29) is 6.09 Å². The molecule has 1 aromatic heterocycles. The summed E-state index contributed by atoms with van der Waals surface area (Å²) in [6, 6.07) is 9.73. The molecule has 0 saturated carbocycles. The number of hydrogen-bond acceptors (Lipinski definition) is 4. The van der Waals surface area contributed by atoms with Gasteiger partial charge in [-0.2, -0.15) is 0 Å². The van der Waals surface area contributed by atoms with Crippen molar-refractivity contribution in [1.29, 1.82) is 0 Å². The minimum Gasteiger partial charge on any atom is -0.445 e. The molecule has 0 bridgehead atoms. The first kappa shape index (κ1) is 13.1. The lowest BCUT2D eigenvalue weighted by Crippen LogP contribution is -2.35. The van der Waals surface area contributed by atoms with E-state index in [4.69, 9.17) is 4.74 Å². The van der Waals surface area contributed by atoms with Gasteiger partial charge >= 0.3 is 6.09 Å². The van der Waals surface area contributed by atoms with Crippen LogP contribution in [0.5, 0.6) is 0 Å². The lowest BCUT2D eigenvalue weighted by atomic mass is 10.2. The zero-order valence-corrected chi connectivity index (χ0v) is 12.2. The molecule has 1 amide bonds. The number of carbonyl (C=O) groups excluding carboxylic acids is 1. The van der Waals surface area contributed by atoms with Crippen molar-refractivity contribution in [1.82, 2.24) is 9.88 Å². The summed E-state index contributed by atoms with van der Waals surface area (Å²) >= 11 is 1.67. The Balaban J connectivity index is 1.59. The third kappa shape index (κ3) is 2.82. The topological polar surface area (TPSA) is 42.4 Å². The molecule has 0 atom stereocenters. The van der Waals surface area contributed by atoms with Gasteiger partial charge in [0.15, 0.2) is 0 Å². The number of benzene rings is 1. The molecule has 0 aliphatic carbocycles. The van der Waals surface area contributed by atoms with E-state index >= 15 is 0 Å². The summed E-state index contributed by atoms with van der Waals surface area (Å²) in [7, 11) is 0. The summed E-state index contributed by atoms with van der Waals surface area (Å²) in [6.07, 6.45) is 0.575. The van der Waals surface area contributed by atoms with Crippen LogP contribution in [0.25, 0.3) is 0 Å². The first-order valence-corrected chi connectivity index (χ1v) is 7.45. The molecular formula is C15H16N2O2S. The third-order valence-corrected chi connectivity index (χ3v) is 4.30. The summed E-state index contributed by atoms with van der Waals surface area (Å²) < 4.78 is 5.36. The number of carbonyl (C=O) groups is 1. The summed E-state index contributed by atoms with van der Waals surface area (Å²) in [5.41, 5.74) is 2.15. The quantitative estimate of drug-likeness (QED) is 0.852. The van der Waals surface area contributed by atoms with Gasteiger partial charge < -0.3 is 9.64 Å². The molecule has 2 aromatic rings. The second-order valence-electron chi connectivity index (χ2n) is 4.81. The zero-order valence-electron chi connectivity index (χ0n) is 11.3. The second kappa shape index (κ2) is 5.63. The molecule has 0 spiro atoms. The molecule has 0 N–H and O–H groups in total. The average molecular weight is 288 g/mol. The van der Waals surface area contributed by atoms with Crippen LogP contribution in [-0.2, 0) is 24.3 Å². The highest BCUT2D eigenvalue weighted by atomic mass is 32.1. The van der Waals surface area contributed by atoms with Gasteiger partial charge in [-0.3, -0.25) is 0 Å². The SMILES string of the molecule is Cc1nc2c(s1)CN(C(=O)OCc1ccccc1)CC2. The Bertz CT molecular complexity index is 610. The first-order chi connectivity index (χ1) is 9.72. The van der Waals surface area contributed by atoms with Crippen LogP contribution in [0.4, 0.5) is 4.79 Å². The van der Waals surface area contributed by atoms with E-state index in [1.165, 1.54) is 4.88 Å². The maximum Gasteiger partial charge on any atom is 0.410 e. The molecule has 1 aliphatic heterocycles. The molecule has 0 radical (unpaired) electrons. The van der Waals surface area contributed by atoms with Crippen molar-refractivity contribution in [2.75, 3.05) is 6.54 Å². The van der Waals surface area contributed by atoms with Crippen molar-refractivity contribution in [3.05, 3.63) is 51.5 Å². The number of aromatic nitrogens is 1. The van der Waals surface area contributed by atoms with Crippen LogP contribution in [0, 0.1) is 6.92 Å². The summed E-state index contributed by atoms with van der Waals surface area (Å²) in [4.78, 5) is 19.5. The molecule has 0 unspecified atom stereocenters. The normalized spacial score (nSPS) is 13.9. The molecule has 1 aliphatic rings. The number of rotatable bonds is 2. The minimum atomic E-state index is -0.245. The summed E-state index contributed by atoms with van der Waals surface area (Å²) in [6.45, 7) is 3.63. The predicted octanol–water partition coefficient (Wildman–Crippen LogP) is 3.15. The third-order valence-electron chi connectivity index (χ3n) is 3.30. The Kier molecular flexibility index (Phi) is 3.69. The van der Waals surface area contributed by atoms with E-state index < -0.39 is 0 Å². The van der Waals surface area contributed by atoms with Gasteiger partial charge in [0.2, 0.25) is 0 Å². The van der Waals surface area contributed by atoms with Crippen LogP contribution in [0.15, 0.2) is 30.3 Å². The zero-order chi connectivity index (χ0) is 13.9. The number of nitrogens with zero attached hydrogens (tertiary/aromatic N) is 2. The monoisotopic (exact) mass is 288 g/mol. The Morgan fingerprint density at radius 1 is 1.40 bits per heavy atom. The van der Waals surface area contributed by atoms with Crippen LogP contribution in [-0.4, -0.2) is 22.5 Å². The van der Waals surface area contributed by atoms with Gasteiger partial charge in [-0.05, 0) is 12.5 Å². The highest BCUT2D eigenvalue weighted by Crippen LogP contribution is 2.25. The Morgan fingerprint density at radius 2 is 2.20 bits per heavy atom. The Hall–Kier alpha value is -1.88. The molecule has 2 heterocycles. The van der Waals surface area contributed by atoms with E-state index in [1.54, 1.807) is 16.2 Å². The van der Waals surface area contributed by atoms with Crippen molar-refractivity contribution < 1.29 is 9.53 Å². The van der Waals surface area contributed by atoms with E-state index in [1.807, 2.05) is 37.3 Å². The van der Waals surface area contributed by atoms with Crippen LogP contribution in [0.1, 0.15) is 21.1 Å². The van der Waals surface area contributed by atoms with Gasteiger partial charge in [-0.1, -0.05) is 30.3 Å². The number of amides is 1. The molecule has 5 heteroatoms. The molecule has 0 fully saturated rings. The summed E-state index contributed by atoms with van der Waals surface area (Å²) in [5, 5.41) is 1.06. The van der Waals surface area contributed by atoms with Gasteiger partial charge in [0, 0.05) is 17.8 Å². The van der Waals surface area contributed by atoms with Crippen molar-refractivity contribution in [2.24, 2.45) is 0 Å². The highest BCUT2D eigenvalue weighted by molar-refractivity contribution is 7.11. The van der Waals surface area contributed by atoms with E-state index in [2.05, 4.69) is 4.98 Å². The number of fused-ring (bicyclic) bond motifs is 1. The van der Waals surface area contributed by atoms with Crippen LogP contribution < -0.4 is 0 Å².